The average Bonchev–Trinajstić information content (AvgIpc) is 2.99. The number of likely N-dealkylation sites (tertiary alicyclic amines) is 1. The van der Waals surface area contributed by atoms with E-state index in [1.165, 1.54) is 18.2 Å². The zero-order chi connectivity index (χ0) is 17.9. The molecule has 1 saturated heterocycles. The van der Waals surface area contributed by atoms with Gasteiger partial charge in [0.25, 0.3) is 17.7 Å². The van der Waals surface area contributed by atoms with E-state index in [9.17, 15) is 19.2 Å². The summed E-state index contributed by atoms with van der Waals surface area (Å²) in [4.78, 5) is 49.7. The molecule has 2 aliphatic rings. The van der Waals surface area contributed by atoms with E-state index in [1.54, 1.807) is 18.2 Å². The SMILES string of the molecule is C=CC(/C=C\C(=C/CC)N1C(=O)CC(=C)C1=O)N1C(=O)C=CC1=O. The maximum atomic E-state index is 12.1. The molecule has 0 bridgehead atoms. The Hall–Kier alpha value is -3.02. The molecule has 0 spiro atoms. The molecule has 24 heavy (non-hydrogen) atoms. The molecule has 0 saturated carbocycles. The Bertz CT molecular complexity index is 709. The summed E-state index contributed by atoms with van der Waals surface area (Å²) in [6.07, 6.45) is 9.23. The Morgan fingerprint density at radius 1 is 1.25 bits per heavy atom. The number of imide groups is 2. The van der Waals surface area contributed by atoms with Gasteiger partial charge in [-0.2, -0.15) is 0 Å². The fraction of sp³-hybridized carbons (Fsp3) is 0.222. The highest BCUT2D eigenvalue weighted by atomic mass is 16.2. The lowest BCUT2D eigenvalue weighted by atomic mass is 10.2. The van der Waals surface area contributed by atoms with Gasteiger partial charge in [-0.3, -0.25) is 24.1 Å². The zero-order valence-corrected chi connectivity index (χ0v) is 13.4. The molecular weight excluding hydrogens is 308 g/mol. The molecule has 2 aliphatic heterocycles. The molecule has 4 amide bonds. The van der Waals surface area contributed by atoms with Crippen LogP contribution in [0.25, 0.3) is 0 Å². The first kappa shape index (κ1) is 17.3. The second kappa shape index (κ2) is 7.04. The van der Waals surface area contributed by atoms with Crippen molar-refractivity contribution in [2.75, 3.05) is 0 Å². The minimum atomic E-state index is -0.670. The molecule has 0 aromatic carbocycles. The highest BCUT2D eigenvalue weighted by Crippen LogP contribution is 2.23. The van der Waals surface area contributed by atoms with Gasteiger partial charge in [-0.25, -0.2) is 4.90 Å². The van der Waals surface area contributed by atoms with Crippen molar-refractivity contribution in [3.63, 3.8) is 0 Å². The van der Waals surface area contributed by atoms with Gasteiger partial charge in [0.2, 0.25) is 5.91 Å². The minimum absolute atomic E-state index is 0.00830. The fourth-order valence-electron chi connectivity index (χ4n) is 2.49. The Kier molecular flexibility index (Phi) is 5.08. The number of nitrogens with zero attached hydrogens (tertiary/aromatic N) is 2. The number of allylic oxidation sites excluding steroid dienone is 2. The highest BCUT2D eigenvalue weighted by Gasteiger charge is 2.34. The summed E-state index contributed by atoms with van der Waals surface area (Å²) >= 11 is 0. The first-order valence-corrected chi connectivity index (χ1v) is 7.52. The van der Waals surface area contributed by atoms with Crippen LogP contribution in [0.2, 0.25) is 0 Å². The van der Waals surface area contributed by atoms with Crippen LogP contribution < -0.4 is 0 Å². The van der Waals surface area contributed by atoms with Crippen LogP contribution in [0.4, 0.5) is 0 Å². The van der Waals surface area contributed by atoms with E-state index < -0.39 is 23.8 Å². The van der Waals surface area contributed by atoms with Crippen molar-refractivity contribution in [1.82, 2.24) is 9.80 Å². The van der Waals surface area contributed by atoms with Gasteiger partial charge in [-0.1, -0.05) is 31.7 Å². The predicted molar refractivity (Wildman–Crippen MR) is 88.1 cm³/mol. The van der Waals surface area contributed by atoms with Crippen LogP contribution >= 0.6 is 0 Å². The van der Waals surface area contributed by atoms with Gasteiger partial charge in [-0.05, 0) is 12.5 Å². The van der Waals surface area contributed by atoms with Crippen molar-refractivity contribution in [1.29, 1.82) is 0 Å². The summed E-state index contributed by atoms with van der Waals surface area (Å²) in [6, 6.07) is -0.670. The third-order valence-corrected chi connectivity index (χ3v) is 3.64. The minimum Gasteiger partial charge on any atom is -0.274 e. The van der Waals surface area contributed by atoms with Crippen molar-refractivity contribution in [2.24, 2.45) is 0 Å². The van der Waals surface area contributed by atoms with Crippen molar-refractivity contribution >= 4 is 23.6 Å². The Labute approximate surface area is 140 Å². The second-order valence-electron chi connectivity index (χ2n) is 5.32. The summed E-state index contributed by atoms with van der Waals surface area (Å²) in [5, 5.41) is 0. The summed E-state index contributed by atoms with van der Waals surface area (Å²) < 4.78 is 0. The number of carbonyl (C=O) groups is 4. The molecule has 0 aromatic rings. The maximum Gasteiger partial charge on any atom is 0.260 e. The van der Waals surface area contributed by atoms with E-state index in [4.69, 9.17) is 0 Å². The van der Waals surface area contributed by atoms with E-state index in [1.807, 2.05) is 6.92 Å². The first-order chi connectivity index (χ1) is 11.4. The van der Waals surface area contributed by atoms with Gasteiger partial charge >= 0.3 is 0 Å². The molecule has 0 radical (unpaired) electrons. The van der Waals surface area contributed by atoms with Gasteiger partial charge in [-0.15, -0.1) is 6.58 Å². The maximum absolute atomic E-state index is 12.1. The number of hydrogen-bond donors (Lipinski definition) is 0. The number of carbonyl (C=O) groups excluding carboxylic acids is 4. The molecule has 6 heteroatoms. The summed E-state index contributed by atoms with van der Waals surface area (Å²) in [6.45, 7) is 9.09. The molecule has 2 rings (SSSR count). The first-order valence-electron chi connectivity index (χ1n) is 7.52. The molecule has 1 unspecified atom stereocenters. The van der Waals surface area contributed by atoms with Gasteiger partial charge in [0, 0.05) is 23.4 Å². The van der Waals surface area contributed by atoms with Crippen LogP contribution in [0.5, 0.6) is 0 Å². The van der Waals surface area contributed by atoms with Gasteiger partial charge in [0.1, 0.15) is 0 Å². The van der Waals surface area contributed by atoms with Gasteiger partial charge in [0.05, 0.1) is 12.5 Å². The molecule has 2 heterocycles. The molecule has 1 atom stereocenters. The number of amides is 4. The topological polar surface area (TPSA) is 74.8 Å². The predicted octanol–water partition coefficient (Wildman–Crippen LogP) is 1.63. The lowest BCUT2D eigenvalue weighted by molar-refractivity contribution is -0.138. The van der Waals surface area contributed by atoms with Crippen LogP contribution in [-0.4, -0.2) is 39.5 Å². The molecule has 0 N–H and O–H groups in total. The Balaban J connectivity index is 2.27. The van der Waals surface area contributed by atoms with Crippen LogP contribution in [0.3, 0.4) is 0 Å². The molecule has 6 nitrogen and oxygen atoms in total. The normalized spacial score (nSPS) is 20.0. The number of hydrogen-bond acceptors (Lipinski definition) is 4. The summed E-state index contributed by atoms with van der Waals surface area (Å²) in [5.41, 5.74) is 0.634. The second-order valence-corrected chi connectivity index (χ2v) is 5.32. The zero-order valence-electron chi connectivity index (χ0n) is 13.4. The van der Waals surface area contributed by atoms with Crippen molar-refractivity contribution < 1.29 is 19.2 Å². The standard InChI is InChI=1S/C18H18N2O4/c1-4-6-14(20-17(23)11-12(3)18(20)24)8-7-13(5-2)19-15(21)9-10-16(19)22/h5-10,13H,2-4,11H2,1H3/b8-7-,14-6+. The quantitative estimate of drug-likeness (QED) is 0.322. The molecular formula is C18H18N2O4. The summed E-state index contributed by atoms with van der Waals surface area (Å²) in [7, 11) is 0. The lowest BCUT2D eigenvalue weighted by Crippen LogP contribution is -2.37. The van der Waals surface area contributed by atoms with E-state index in [0.717, 1.165) is 9.80 Å². The smallest absolute Gasteiger partial charge is 0.260 e. The fourth-order valence-corrected chi connectivity index (χ4v) is 2.49. The van der Waals surface area contributed by atoms with Gasteiger partial charge in [0.15, 0.2) is 0 Å². The highest BCUT2D eigenvalue weighted by molar-refractivity contribution is 6.15. The molecule has 0 aromatic heterocycles. The largest absolute Gasteiger partial charge is 0.274 e. The molecule has 124 valence electrons. The van der Waals surface area contributed by atoms with E-state index in [0.29, 0.717) is 12.1 Å². The number of rotatable bonds is 6. The van der Waals surface area contributed by atoms with Crippen molar-refractivity contribution in [2.45, 2.75) is 25.8 Å². The van der Waals surface area contributed by atoms with Crippen LogP contribution in [-0.2, 0) is 19.2 Å². The van der Waals surface area contributed by atoms with Crippen molar-refractivity contribution in [3.05, 3.63) is 60.9 Å². The third kappa shape index (κ3) is 3.17. The van der Waals surface area contributed by atoms with Crippen molar-refractivity contribution in [3.8, 4) is 0 Å². The van der Waals surface area contributed by atoms with E-state index in [2.05, 4.69) is 13.2 Å². The monoisotopic (exact) mass is 326 g/mol. The van der Waals surface area contributed by atoms with Crippen LogP contribution in [0, 0.1) is 0 Å². The molecule has 0 aliphatic carbocycles. The average molecular weight is 326 g/mol. The van der Waals surface area contributed by atoms with Gasteiger partial charge < -0.3 is 0 Å². The Morgan fingerprint density at radius 3 is 2.33 bits per heavy atom. The van der Waals surface area contributed by atoms with Crippen LogP contribution in [0.15, 0.2) is 60.9 Å². The Morgan fingerprint density at radius 2 is 1.88 bits per heavy atom. The van der Waals surface area contributed by atoms with E-state index >= 15 is 0 Å². The summed E-state index contributed by atoms with van der Waals surface area (Å²) in [5.74, 6) is -1.65. The van der Waals surface area contributed by atoms with Crippen LogP contribution in [0.1, 0.15) is 19.8 Å². The lowest BCUT2D eigenvalue weighted by Gasteiger charge is -2.21. The molecule has 1 fully saturated rings. The van der Waals surface area contributed by atoms with E-state index in [-0.39, 0.29) is 17.9 Å². The third-order valence-electron chi connectivity index (χ3n) is 3.64.